The Kier molecular flexibility index (Phi) is 4.86. The lowest BCUT2D eigenvalue weighted by molar-refractivity contribution is 0.0600. The van der Waals surface area contributed by atoms with Crippen molar-refractivity contribution < 1.29 is 22.3 Å². The fourth-order valence-electron chi connectivity index (χ4n) is 2.29. The minimum absolute atomic E-state index is 0.0343. The van der Waals surface area contributed by atoms with Crippen LogP contribution in [-0.2, 0) is 14.8 Å². The molecule has 0 radical (unpaired) electrons. The average molecular weight is 392 g/mol. The molecule has 0 aliphatic rings. The molecular weight excluding hydrogens is 379 g/mol. The maximum absolute atomic E-state index is 13.2. The van der Waals surface area contributed by atoms with Crippen LogP contribution in [0.15, 0.2) is 53.4 Å². The summed E-state index contributed by atoms with van der Waals surface area (Å²) in [4.78, 5) is 16.8. The zero-order chi connectivity index (χ0) is 18.9. The number of thiazole rings is 1. The van der Waals surface area contributed by atoms with Gasteiger partial charge in [0.05, 0.1) is 22.6 Å². The molecule has 1 aromatic heterocycles. The van der Waals surface area contributed by atoms with Gasteiger partial charge in [-0.2, -0.15) is 0 Å². The second-order valence-electron chi connectivity index (χ2n) is 5.26. The summed E-state index contributed by atoms with van der Waals surface area (Å²) < 4.78 is 40.7. The Labute approximate surface area is 153 Å². The number of hydrogen-bond donors (Lipinski definition) is 1. The molecule has 2 aromatic carbocycles. The summed E-state index contributed by atoms with van der Waals surface area (Å²) in [6.07, 6.45) is 0. The second kappa shape index (κ2) is 6.94. The summed E-state index contributed by atoms with van der Waals surface area (Å²) in [6, 6.07) is 11.6. The van der Waals surface area contributed by atoms with Gasteiger partial charge in [-0.05, 0) is 29.8 Å². The molecule has 0 atom stereocenters. The number of benzene rings is 2. The van der Waals surface area contributed by atoms with Crippen molar-refractivity contribution in [3.05, 3.63) is 59.4 Å². The lowest BCUT2D eigenvalue weighted by Gasteiger charge is -2.04. The van der Waals surface area contributed by atoms with Crippen molar-refractivity contribution in [3.8, 4) is 21.7 Å². The number of nitrogens with zero attached hydrogens (tertiary/aromatic N) is 1. The van der Waals surface area contributed by atoms with Crippen LogP contribution in [-0.4, -0.2) is 26.5 Å². The van der Waals surface area contributed by atoms with Crippen molar-refractivity contribution in [2.24, 2.45) is 5.14 Å². The summed E-state index contributed by atoms with van der Waals surface area (Å²) in [5.74, 6) is -0.976. The highest BCUT2D eigenvalue weighted by Crippen LogP contribution is 2.37. The number of carbonyl (C=O) groups is 1. The summed E-state index contributed by atoms with van der Waals surface area (Å²) in [6.45, 7) is 0. The van der Waals surface area contributed by atoms with E-state index >= 15 is 0 Å². The van der Waals surface area contributed by atoms with Gasteiger partial charge in [-0.25, -0.2) is 27.7 Å². The van der Waals surface area contributed by atoms with Gasteiger partial charge in [-0.3, -0.25) is 0 Å². The average Bonchev–Trinajstić information content (AvgIpc) is 3.06. The fraction of sp³-hybridized carbons (Fsp3) is 0.0588. The molecular formula is C17H13FN2O4S2. The van der Waals surface area contributed by atoms with E-state index in [1.54, 1.807) is 24.3 Å². The van der Waals surface area contributed by atoms with Crippen LogP contribution in [0.2, 0.25) is 0 Å². The highest BCUT2D eigenvalue weighted by molar-refractivity contribution is 7.89. The number of esters is 1. The summed E-state index contributed by atoms with van der Waals surface area (Å²) >= 11 is 1.10. The number of sulfonamides is 1. The number of carbonyl (C=O) groups excluding carboxylic acids is 1. The molecule has 26 heavy (non-hydrogen) atoms. The monoisotopic (exact) mass is 392 g/mol. The zero-order valence-electron chi connectivity index (χ0n) is 13.5. The minimum Gasteiger partial charge on any atom is -0.464 e. The van der Waals surface area contributed by atoms with Gasteiger partial charge >= 0.3 is 5.97 Å². The molecule has 134 valence electrons. The Morgan fingerprint density at radius 2 is 1.65 bits per heavy atom. The van der Waals surface area contributed by atoms with Gasteiger partial charge in [-0.1, -0.05) is 24.3 Å². The number of nitrogens with two attached hydrogens (primary N) is 1. The summed E-state index contributed by atoms with van der Waals surface area (Å²) in [5.41, 5.74) is 1.72. The third-order valence-electron chi connectivity index (χ3n) is 3.55. The highest BCUT2D eigenvalue weighted by atomic mass is 32.2. The maximum Gasteiger partial charge on any atom is 0.367 e. The Bertz CT molecular complexity index is 1060. The first-order valence-electron chi connectivity index (χ1n) is 7.28. The van der Waals surface area contributed by atoms with Crippen molar-refractivity contribution in [3.63, 3.8) is 0 Å². The lowest BCUT2D eigenvalue weighted by Crippen LogP contribution is -2.11. The number of halogens is 1. The smallest absolute Gasteiger partial charge is 0.367 e. The highest BCUT2D eigenvalue weighted by Gasteiger charge is 2.20. The molecule has 0 bridgehead atoms. The largest absolute Gasteiger partial charge is 0.464 e. The number of methoxy groups -OCH3 is 1. The van der Waals surface area contributed by atoms with E-state index in [1.807, 2.05) is 0 Å². The number of ether oxygens (including phenoxy) is 1. The van der Waals surface area contributed by atoms with Gasteiger partial charge in [0.2, 0.25) is 15.0 Å². The van der Waals surface area contributed by atoms with E-state index in [9.17, 15) is 17.6 Å². The van der Waals surface area contributed by atoms with Crippen molar-refractivity contribution >= 4 is 27.3 Å². The molecule has 1 heterocycles. The van der Waals surface area contributed by atoms with Gasteiger partial charge in [0.15, 0.2) is 0 Å². The molecule has 3 aromatic rings. The standard InChI is InChI=1S/C17H13FN2O4S2/c1-24-17(21)16-20-14(10-4-8-13(9-5-10)26(19,22)23)15(25-16)11-2-6-12(18)7-3-11/h2-9H,1H3,(H2,19,22,23). The molecule has 6 nitrogen and oxygen atoms in total. The molecule has 0 saturated heterocycles. The Hall–Kier alpha value is -2.62. The second-order valence-corrected chi connectivity index (χ2v) is 7.83. The number of hydrogen-bond acceptors (Lipinski definition) is 6. The van der Waals surface area contributed by atoms with Crippen LogP contribution in [0.4, 0.5) is 4.39 Å². The van der Waals surface area contributed by atoms with E-state index in [2.05, 4.69) is 4.98 Å². The van der Waals surface area contributed by atoms with Gasteiger partial charge in [0.25, 0.3) is 0 Å². The first kappa shape index (κ1) is 18.2. The van der Waals surface area contributed by atoms with E-state index < -0.39 is 16.0 Å². The van der Waals surface area contributed by atoms with Crippen molar-refractivity contribution in [1.29, 1.82) is 0 Å². The van der Waals surface area contributed by atoms with Crippen LogP contribution in [0.5, 0.6) is 0 Å². The number of aromatic nitrogens is 1. The summed E-state index contributed by atoms with van der Waals surface area (Å²) in [5, 5.41) is 5.24. The topological polar surface area (TPSA) is 99.3 Å². The van der Waals surface area contributed by atoms with E-state index in [4.69, 9.17) is 9.88 Å². The van der Waals surface area contributed by atoms with Gasteiger partial charge in [-0.15, -0.1) is 11.3 Å². The SMILES string of the molecule is COC(=O)c1nc(-c2ccc(S(N)(=O)=O)cc2)c(-c2ccc(F)cc2)s1. The quantitative estimate of drug-likeness (QED) is 0.688. The predicted octanol–water partition coefficient (Wildman–Crippen LogP) is 3.05. The van der Waals surface area contributed by atoms with Crippen molar-refractivity contribution in [2.45, 2.75) is 4.90 Å². The lowest BCUT2D eigenvalue weighted by atomic mass is 10.1. The minimum atomic E-state index is -3.81. The molecule has 0 aliphatic carbocycles. The van der Waals surface area contributed by atoms with Gasteiger partial charge in [0, 0.05) is 5.56 Å². The van der Waals surface area contributed by atoms with Crippen LogP contribution in [0.25, 0.3) is 21.7 Å². The molecule has 0 saturated carbocycles. The number of primary sulfonamides is 1. The Balaban J connectivity index is 2.14. The number of rotatable bonds is 4. The Morgan fingerprint density at radius 3 is 2.19 bits per heavy atom. The predicted molar refractivity (Wildman–Crippen MR) is 95.7 cm³/mol. The van der Waals surface area contributed by atoms with E-state index in [-0.39, 0.29) is 15.7 Å². The van der Waals surface area contributed by atoms with Crippen LogP contribution >= 0.6 is 11.3 Å². The molecule has 0 fully saturated rings. The molecule has 3 rings (SSSR count). The molecule has 0 amide bonds. The normalized spacial score (nSPS) is 11.3. The van der Waals surface area contributed by atoms with Gasteiger partial charge < -0.3 is 4.74 Å². The third kappa shape index (κ3) is 3.64. The summed E-state index contributed by atoms with van der Waals surface area (Å²) in [7, 11) is -2.56. The van der Waals surface area contributed by atoms with Crippen LogP contribution in [0.3, 0.4) is 0 Å². The molecule has 9 heteroatoms. The van der Waals surface area contributed by atoms with E-state index in [0.29, 0.717) is 21.7 Å². The van der Waals surface area contributed by atoms with Gasteiger partial charge in [0.1, 0.15) is 5.82 Å². The van der Waals surface area contributed by atoms with Crippen molar-refractivity contribution in [2.75, 3.05) is 7.11 Å². The molecule has 0 spiro atoms. The van der Waals surface area contributed by atoms with E-state index in [0.717, 1.165) is 11.3 Å². The first-order valence-corrected chi connectivity index (χ1v) is 9.64. The van der Waals surface area contributed by atoms with Crippen LogP contribution in [0, 0.1) is 5.82 Å². The zero-order valence-corrected chi connectivity index (χ0v) is 15.1. The van der Waals surface area contributed by atoms with Crippen LogP contribution < -0.4 is 5.14 Å². The van der Waals surface area contributed by atoms with E-state index in [1.165, 1.54) is 31.4 Å². The Morgan fingerprint density at radius 1 is 1.08 bits per heavy atom. The van der Waals surface area contributed by atoms with Crippen LogP contribution in [0.1, 0.15) is 9.80 Å². The molecule has 0 unspecified atom stereocenters. The third-order valence-corrected chi connectivity index (χ3v) is 5.56. The molecule has 0 aliphatic heterocycles. The fourth-order valence-corrected chi connectivity index (χ4v) is 3.82. The molecule has 2 N–H and O–H groups in total. The first-order chi connectivity index (χ1) is 12.3. The maximum atomic E-state index is 13.2. The van der Waals surface area contributed by atoms with Crippen molar-refractivity contribution in [1.82, 2.24) is 4.98 Å².